The number of carbonyl (C=O) groups is 3. The van der Waals surface area contributed by atoms with Crippen LogP contribution in [0.3, 0.4) is 0 Å². The Bertz CT molecular complexity index is 1220. The first kappa shape index (κ1) is 26.5. The van der Waals surface area contributed by atoms with Crippen LogP contribution in [0.15, 0.2) is 54.6 Å². The highest BCUT2D eigenvalue weighted by atomic mass is 32.1. The van der Waals surface area contributed by atoms with Crippen LogP contribution >= 0.6 is 11.3 Å². The zero-order valence-corrected chi connectivity index (χ0v) is 22.1. The molecule has 0 radical (unpaired) electrons. The summed E-state index contributed by atoms with van der Waals surface area (Å²) in [6, 6.07) is 17.8. The van der Waals surface area contributed by atoms with Gasteiger partial charge in [0, 0.05) is 31.1 Å². The number of anilines is 1. The quantitative estimate of drug-likeness (QED) is 0.353. The number of thiazole rings is 1. The third-order valence-corrected chi connectivity index (χ3v) is 7.90. The molecule has 194 valence electrons. The number of hydrogen-bond donors (Lipinski definition) is 2. The molecule has 8 heteroatoms. The predicted octanol–water partition coefficient (Wildman–Crippen LogP) is 5.71. The summed E-state index contributed by atoms with van der Waals surface area (Å²) in [5, 5.41) is 6.55. The molecule has 0 bridgehead atoms. The van der Waals surface area contributed by atoms with Gasteiger partial charge in [0.05, 0.1) is 12.3 Å². The van der Waals surface area contributed by atoms with E-state index in [9.17, 15) is 14.4 Å². The van der Waals surface area contributed by atoms with Crippen LogP contribution in [0.25, 0.3) is 10.6 Å². The third-order valence-electron chi connectivity index (χ3n) is 6.70. The summed E-state index contributed by atoms with van der Waals surface area (Å²) >= 11 is 1.36. The number of ether oxygens (including phenoxy) is 1. The van der Waals surface area contributed by atoms with Gasteiger partial charge in [0.1, 0.15) is 9.88 Å². The number of rotatable bonds is 9. The van der Waals surface area contributed by atoms with E-state index in [-0.39, 0.29) is 30.7 Å². The summed E-state index contributed by atoms with van der Waals surface area (Å²) in [4.78, 5) is 41.1. The maximum absolute atomic E-state index is 12.6. The van der Waals surface area contributed by atoms with E-state index in [1.54, 1.807) is 0 Å². The van der Waals surface area contributed by atoms with Crippen LogP contribution in [0, 0.1) is 12.8 Å². The average molecular weight is 520 g/mol. The van der Waals surface area contributed by atoms with Gasteiger partial charge in [-0.25, -0.2) is 4.98 Å². The summed E-state index contributed by atoms with van der Waals surface area (Å²) in [5.74, 6) is 0.368. The van der Waals surface area contributed by atoms with Gasteiger partial charge in [-0.15, -0.1) is 11.3 Å². The van der Waals surface area contributed by atoms with Crippen molar-refractivity contribution >= 4 is 34.8 Å². The Morgan fingerprint density at radius 3 is 2.38 bits per heavy atom. The SMILES string of the molecule is CC(=O)OC[C@H]1CC[C@H](c2ccc(NC(=O)CCNC(=O)c3sc(-c4ccccc4)nc3C)cc2)CC1. The summed E-state index contributed by atoms with van der Waals surface area (Å²) in [6.45, 7) is 4.04. The minimum Gasteiger partial charge on any atom is -0.466 e. The summed E-state index contributed by atoms with van der Waals surface area (Å²) in [5.41, 5.74) is 3.68. The summed E-state index contributed by atoms with van der Waals surface area (Å²) < 4.78 is 5.16. The normalized spacial score (nSPS) is 17.1. The van der Waals surface area contributed by atoms with Gasteiger partial charge in [-0.1, -0.05) is 42.5 Å². The number of nitrogens with one attached hydrogen (secondary N) is 2. The first-order chi connectivity index (χ1) is 17.9. The maximum Gasteiger partial charge on any atom is 0.302 e. The zero-order chi connectivity index (χ0) is 26.2. The fraction of sp³-hybridized carbons (Fsp3) is 0.379. The van der Waals surface area contributed by atoms with E-state index in [1.807, 2.05) is 49.4 Å². The van der Waals surface area contributed by atoms with E-state index >= 15 is 0 Å². The smallest absolute Gasteiger partial charge is 0.302 e. The molecular weight excluding hydrogens is 486 g/mol. The highest BCUT2D eigenvalue weighted by molar-refractivity contribution is 7.17. The molecule has 0 unspecified atom stereocenters. The maximum atomic E-state index is 12.6. The standard InChI is InChI=1S/C29H33N3O4S/c1-19-27(37-29(31-19)24-6-4-3-5-7-24)28(35)30-17-16-26(34)32-25-14-12-23(13-15-25)22-10-8-21(9-11-22)18-36-20(2)33/h3-7,12-15,21-22H,8-11,16-18H2,1-2H3,(H,30,35)(H,32,34)/t21-,22-. The largest absolute Gasteiger partial charge is 0.466 e. The Hall–Kier alpha value is -3.52. The molecule has 1 heterocycles. The van der Waals surface area contributed by atoms with Gasteiger partial charge < -0.3 is 15.4 Å². The summed E-state index contributed by atoms with van der Waals surface area (Å²) in [6.07, 6.45) is 4.43. The lowest BCUT2D eigenvalue weighted by atomic mass is 9.79. The Morgan fingerprint density at radius 2 is 1.70 bits per heavy atom. The van der Waals surface area contributed by atoms with Crippen molar-refractivity contribution in [3.63, 3.8) is 0 Å². The van der Waals surface area contributed by atoms with Crippen molar-refractivity contribution in [2.75, 3.05) is 18.5 Å². The first-order valence-electron chi connectivity index (χ1n) is 12.7. The van der Waals surface area contributed by atoms with Crippen LogP contribution in [0.5, 0.6) is 0 Å². The number of esters is 1. The Morgan fingerprint density at radius 1 is 1.00 bits per heavy atom. The molecule has 1 aliphatic carbocycles. The highest BCUT2D eigenvalue weighted by Crippen LogP contribution is 2.36. The molecule has 0 saturated heterocycles. The zero-order valence-electron chi connectivity index (χ0n) is 21.3. The lowest BCUT2D eigenvalue weighted by Gasteiger charge is -2.28. The van der Waals surface area contributed by atoms with Crippen molar-refractivity contribution < 1.29 is 19.1 Å². The van der Waals surface area contributed by atoms with Gasteiger partial charge in [-0.05, 0) is 62.1 Å². The van der Waals surface area contributed by atoms with Crippen molar-refractivity contribution in [3.05, 3.63) is 70.7 Å². The number of aryl methyl sites for hydroxylation is 1. The van der Waals surface area contributed by atoms with E-state index in [4.69, 9.17) is 4.74 Å². The fourth-order valence-corrected chi connectivity index (χ4v) is 5.63. The van der Waals surface area contributed by atoms with Crippen LogP contribution < -0.4 is 10.6 Å². The van der Waals surface area contributed by atoms with Crippen LogP contribution in [-0.4, -0.2) is 35.9 Å². The van der Waals surface area contributed by atoms with Gasteiger partial charge in [0.15, 0.2) is 0 Å². The van der Waals surface area contributed by atoms with E-state index in [0.717, 1.165) is 41.9 Å². The number of nitrogens with zero attached hydrogens (tertiary/aromatic N) is 1. The second-order valence-corrected chi connectivity index (χ2v) is 10.5. The Kier molecular flexibility index (Phi) is 9.06. The van der Waals surface area contributed by atoms with Gasteiger partial charge in [0.25, 0.3) is 5.91 Å². The van der Waals surface area contributed by atoms with Crippen molar-refractivity contribution in [1.29, 1.82) is 0 Å². The number of amides is 2. The first-order valence-corrected chi connectivity index (χ1v) is 13.5. The number of aromatic nitrogens is 1. The lowest BCUT2D eigenvalue weighted by Crippen LogP contribution is -2.27. The minimum absolute atomic E-state index is 0.148. The van der Waals surface area contributed by atoms with Gasteiger partial charge >= 0.3 is 5.97 Å². The third kappa shape index (κ3) is 7.49. The average Bonchev–Trinajstić information content (AvgIpc) is 3.30. The van der Waals surface area contributed by atoms with Crippen molar-refractivity contribution in [2.45, 2.75) is 51.9 Å². The molecule has 37 heavy (non-hydrogen) atoms. The molecule has 1 saturated carbocycles. The molecule has 0 aliphatic heterocycles. The molecule has 7 nitrogen and oxygen atoms in total. The molecule has 1 fully saturated rings. The van der Waals surface area contributed by atoms with Crippen LogP contribution in [0.1, 0.15) is 65.9 Å². The van der Waals surface area contributed by atoms with E-state index in [1.165, 1.54) is 23.8 Å². The van der Waals surface area contributed by atoms with E-state index in [2.05, 4.69) is 27.8 Å². The fourth-order valence-electron chi connectivity index (χ4n) is 4.64. The molecule has 2 aromatic carbocycles. The molecule has 2 N–H and O–H groups in total. The second-order valence-electron chi connectivity index (χ2n) is 9.50. The predicted molar refractivity (Wildman–Crippen MR) is 146 cm³/mol. The molecular formula is C29H33N3O4S. The molecule has 1 aliphatic rings. The second kappa shape index (κ2) is 12.6. The molecule has 2 amide bonds. The Balaban J connectivity index is 1.20. The van der Waals surface area contributed by atoms with Gasteiger partial charge in [0.2, 0.25) is 5.91 Å². The minimum atomic E-state index is -0.213. The van der Waals surface area contributed by atoms with Crippen LogP contribution in [-0.2, 0) is 14.3 Å². The van der Waals surface area contributed by atoms with Crippen LogP contribution in [0.2, 0.25) is 0 Å². The van der Waals surface area contributed by atoms with E-state index in [0.29, 0.717) is 29.0 Å². The molecule has 4 rings (SSSR count). The molecule has 3 aromatic rings. The topological polar surface area (TPSA) is 97.4 Å². The van der Waals surface area contributed by atoms with Crippen molar-refractivity contribution in [2.24, 2.45) is 5.92 Å². The Labute approximate surface area is 221 Å². The number of hydrogen-bond acceptors (Lipinski definition) is 6. The monoisotopic (exact) mass is 519 g/mol. The molecule has 0 atom stereocenters. The summed E-state index contributed by atoms with van der Waals surface area (Å²) in [7, 11) is 0. The lowest BCUT2D eigenvalue weighted by molar-refractivity contribution is -0.142. The van der Waals surface area contributed by atoms with Crippen molar-refractivity contribution in [1.82, 2.24) is 10.3 Å². The molecule has 1 aromatic heterocycles. The number of carbonyl (C=O) groups excluding carboxylic acids is 3. The highest BCUT2D eigenvalue weighted by Gasteiger charge is 2.23. The van der Waals surface area contributed by atoms with E-state index < -0.39 is 0 Å². The molecule has 0 spiro atoms. The number of benzene rings is 2. The van der Waals surface area contributed by atoms with Crippen molar-refractivity contribution in [3.8, 4) is 10.6 Å². The van der Waals surface area contributed by atoms with Gasteiger partial charge in [-0.2, -0.15) is 0 Å². The van der Waals surface area contributed by atoms with Gasteiger partial charge in [-0.3, -0.25) is 14.4 Å². The van der Waals surface area contributed by atoms with Crippen LogP contribution in [0.4, 0.5) is 5.69 Å².